The zero-order valence-electron chi connectivity index (χ0n) is 8.28. The van der Waals surface area contributed by atoms with Crippen LogP contribution in [0.3, 0.4) is 0 Å². The Labute approximate surface area is 80.2 Å². The van der Waals surface area contributed by atoms with Gasteiger partial charge in [-0.2, -0.15) is 0 Å². The van der Waals surface area contributed by atoms with Crippen LogP contribution < -0.4 is 0 Å². The van der Waals surface area contributed by atoms with Crippen LogP contribution in [0.15, 0.2) is 12.2 Å². The molecule has 3 aliphatic rings. The molecule has 0 spiro atoms. The second-order valence-electron chi connectivity index (χ2n) is 4.79. The minimum absolute atomic E-state index is 0.596. The monoisotopic (exact) mass is 178 g/mol. The van der Waals surface area contributed by atoms with Crippen LogP contribution in [0.5, 0.6) is 0 Å². The fourth-order valence-corrected chi connectivity index (χ4v) is 3.89. The molecular weight excluding hydrogens is 160 g/mol. The first-order valence-electron chi connectivity index (χ1n) is 5.68. The minimum atomic E-state index is 0.596. The van der Waals surface area contributed by atoms with Gasteiger partial charge in [0.1, 0.15) is 0 Å². The third kappa shape index (κ3) is 1.03. The fourth-order valence-electron chi connectivity index (χ4n) is 3.89. The van der Waals surface area contributed by atoms with Gasteiger partial charge < -0.3 is 4.74 Å². The van der Waals surface area contributed by atoms with Crippen LogP contribution in [0.2, 0.25) is 0 Å². The van der Waals surface area contributed by atoms with E-state index in [9.17, 15) is 0 Å². The molecule has 3 aliphatic carbocycles. The molecule has 13 heavy (non-hydrogen) atoms. The van der Waals surface area contributed by atoms with Crippen molar-refractivity contribution in [2.24, 2.45) is 23.7 Å². The van der Waals surface area contributed by atoms with E-state index in [1.54, 1.807) is 0 Å². The summed E-state index contributed by atoms with van der Waals surface area (Å²) in [6.45, 7) is 3.02. The fraction of sp³-hybridized carbons (Fsp3) is 0.833. The smallest absolute Gasteiger partial charge is 0.0611 e. The second-order valence-corrected chi connectivity index (χ2v) is 4.79. The lowest BCUT2D eigenvalue weighted by Crippen LogP contribution is -2.30. The second kappa shape index (κ2) is 2.84. The molecule has 0 aromatic heterocycles. The first-order valence-corrected chi connectivity index (χ1v) is 5.68. The largest absolute Gasteiger partial charge is 0.378 e. The molecule has 0 amide bonds. The molecule has 2 saturated carbocycles. The topological polar surface area (TPSA) is 9.23 Å². The van der Waals surface area contributed by atoms with Gasteiger partial charge in [0.25, 0.3) is 0 Å². The Morgan fingerprint density at radius 1 is 1.31 bits per heavy atom. The molecule has 0 radical (unpaired) electrons. The van der Waals surface area contributed by atoms with E-state index in [2.05, 4.69) is 19.1 Å². The third-order valence-electron chi connectivity index (χ3n) is 4.33. The van der Waals surface area contributed by atoms with Crippen LogP contribution in [-0.4, -0.2) is 12.7 Å². The van der Waals surface area contributed by atoms with Gasteiger partial charge in [-0.15, -0.1) is 0 Å². The van der Waals surface area contributed by atoms with E-state index in [0.29, 0.717) is 6.10 Å². The van der Waals surface area contributed by atoms with Gasteiger partial charge in [0.2, 0.25) is 0 Å². The number of allylic oxidation sites excluding steroid dienone is 2. The maximum Gasteiger partial charge on any atom is 0.0611 e. The highest BCUT2D eigenvalue weighted by Crippen LogP contribution is 2.57. The molecule has 72 valence electrons. The molecule has 3 rings (SSSR count). The Bertz CT molecular complexity index is 233. The van der Waals surface area contributed by atoms with E-state index >= 15 is 0 Å². The van der Waals surface area contributed by atoms with Gasteiger partial charge >= 0.3 is 0 Å². The molecule has 0 N–H and O–H groups in total. The van der Waals surface area contributed by atoms with Crippen molar-refractivity contribution in [2.75, 3.05) is 6.61 Å². The molecule has 5 atom stereocenters. The molecule has 0 heterocycles. The highest BCUT2D eigenvalue weighted by Gasteiger charge is 2.52. The third-order valence-corrected chi connectivity index (χ3v) is 4.33. The van der Waals surface area contributed by atoms with Crippen molar-refractivity contribution in [3.8, 4) is 0 Å². The Kier molecular flexibility index (Phi) is 1.76. The van der Waals surface area contributed by atoms with Gasteiger partial charge in [-0.3, -0.25) is 0 Å². The summed E-state index contributed by atoms with van der Waals surface area (Å²) in [7, 11) is 0. The summed E-state index contributed by atoms with van der Waals surface area (Å²) in [6, 6.07) is 0. The van der Waals surface area contributed by atoms with Gasteiger partial charge in [-0.1, -0.05) is 12.2 Å². The number of hydrogen-bond donors (Lipinski definition) is 0. The maximum absolute atomic E-state index is 5.81. The lowest BCUT2D eigenvalue weighted by atomic mass is 9.80. The first kappa shape index (κ1) is 8.05. The van der Waals surface area contributed by atoms with Gasteiger partial charge in [-0.05, 0) is 49.9 Å². The van der Waals surface area contributed by atoms with E-state index in [4.69, 9.17) is 4.74 Å². The quantitative estimate of drug-likeness (QED) is 0.591. The number of ether oxygens (including phenoxy) is 1. The summed E-state index contributed by atoms with van der Waals surface area (Å²) in [4.78, 5) is 0. The van der Waals surface area contributed by atoms with Gasteiger partial charge in [0, 0.05) is 6.61 Å². The SMILES string of the molecule is CCO[C@H]1C[C@H]2C[C@@H]1[C@H]1C=CC[C@@H]21. The van der Waals surface area contributed by atoms with Crippen LogP contribution >= 0.6 is 0 Å². The summed E-state index contributed by atoms with van der Waals surface area (Å²) in [6.07, 6.45) is 9.60. The number of rotatable bonds is 2. The van der Waals surface area contributed by atoms with Gasteiger partial charge in [0.05, 0.1) is 6.10 Å². The predicted octanol–water partition coefficient (Wildman–Crippen LogP) is 2.62. The molecule has 0 aliphatic heterocycles. The molecule has 2 fully saturated rings. The van der Waals surface area contributed by atoms with Crippen LogP contribution in [0.25, 0.3) is 0 Å². The van der Waals surface area contributed by atoms with Crippen molar-refractivity contribution < 1.29 is 4.74 Å². The van der Waals surface area contributed by atoms with Gasteiger partial charge in [0.15, 0.2) is 0 Å². The Hall–Kier alpha value is -0.300. The van der Waals surface area contributed by atoms with Crippen molar-refractivity contribution in [1.29, 1.82) is 0 Å². The van der Waals surface area contributed by atoms with Crippen LogP contribution in [0, 0.1) is 23.7 Å². The average molecular weight is 178 g/mol. The number of fused-ring (bicyclic) bond motifs is 5. The summed E-state index contributed by atoms with van der Waals surface area (Å²) in [5, 5.41) is 0. The molecule has 0 aromatic rings. The Morgan fingerprint density at radius 3 is 3.08 bits per heavy atom. The zero-order chi connectivity index (χ0) is 8.84. The highest BCUT2D eigenvalue weighted by molar-refractivity contribution is 5.14. The standard InChI is InChI=1S/C12H18O/c1-2-13-12-7-8-6-11(12)10-5-3-4-9(8)10/h3,5,8-12H,2,4,6-7H2,1H3/t8-,9+,10+,11-,12+/m1/s1. The summed E-state index contributed by atoms with van der Waals surface area (Å²) < 4.78 is 5.81. The van der Waals surface area contributed by atoms with Crippen molar-refractivity contribution in [2.45, 2.75) is 32.3 Å². The first-order chi connectivity index (χ1) is 6.40. The van der Waals surface area contributed by atoms with Crippen LogP contribution in [-0.2, 0) is 4.74 Å². The Balaban J connectivity index is 1.77. The molecule has 1 nitrogen and oxygen atoms in total. The maximum atomic E-state index is 5.81. The van der Waals surface area contributed by atoms with Crippen molar-refractivity contribution >= 4 is 0 Å². The summed E-state index contributed by atoms with van der Waals surface area (Å²) in [5.74, 6) is 3.74. The van der Waals surface area contributed by atoms with Crippen molar-refractivity contribution in [3.63, 3.8) is 0 Å². The van der Waals surface area contributed by atoms with Gasteiger partial charge in [-0.25, -0.2) is 0 Å². The molecule has 1 heteroatoms. The van der Waals surface area contributed by atoms with Crippen LogP contribution in [0.4, 0.5) is 0 Å². The molecule has 0 aromatic carbocycles. The molecule has 0 unspecified atom stereocenters. The van der Waals surface area contributed by atoms with Crippen molar-refractivity contribution in [1.82, 2.24) is 0 Å². The molecule has 2 bridgehead atoms. The highest BCUT2D eigenvalue weighted by atomic mass is 16.5. The van der Waals surface area contributed by atoms with E-state index in [1.807, 2.05) is 0 Å². The Morgan fingerprint density at radius 2 is 2.23 bits per heavy atom. The predicted molar refractivity (Wildman–Crippen MR) is 52.4 cm³/mol. The number of hydrogen-bond acceptors (Lipinski definition) is 1. The van der Waals surface area contributed by atoms with E-state index < -0.39 is 0 Å². The van der Waals surface area contributed by atoms with Crippen molar-refractivity contribution in [3.05, 3.63) is 12.2 Å². The normalized spacial score (nSPS) is 51.6. The zero-order valence-corrected chi connectivity index (χ0v) is 8.28. The minimum Gasteiger partial charge on any atom is -0.378 e. The summed E-state index contributed by atoms with van der Waals surface area (Å²) >= 11 is 0. The molecular formula is C12H18O. The van der Waals surface area contributed by atoms with E-state index in [1.165, 1.54) is 19.3 Å². The lowest BCUT2D eigenvalue weighted by molar-refractivity contribution is 0.00243. The van der Waals surface area contributed by atoms with E-state index in [-0.39, 0.29) is 0 Å². The summed E-state index contributed by atoms with van der Waals surface area (Å²) in [5.41, 5.74) is 0. The van der Waals surface area contributed by atoms with E-state index in [0.717, 1.165) is 30.3 Å². The van der Waals surface area contributed by atoms with Crippen LogP contribution in [0.1, 0.15) is 26.2 Å². The average Bonchev–Trinajstić information content (AvgIpc) is 2.72. The lowest BCUT2D eigenvalue weighted by Gasteiger charge is -2.30. The molecule has 0 saturated heterocycles.